The maximum Gasteiger partial charge on any atom is 0.0956 e. The Labute approximate surface area is 75.7 Å². The molecule has 0 heterocycles. The lowest BCUT2D eigenvalue weighted by molar-refractivity contribution is 0.420. The summed E-state index contributed by atoms with van der Waals surface area (Å²) in [5.74, 6) is 0.746. The highest BCUT2D eigenvalue weighted by molar-refractivity contribution is 5.80. The van der Waals surface area contributed by atoms with Crippen LogP contribution in [0, 0.1) is 0 Å². The van der Waals surface area contributed by atoms with E-state index in [1.54, 1.807) is 0 Å². The van der Waals surface area contributed by atoms with Crippen LogP contribution < -0.4 is 5.73 Å². The van der Waals surface area contributed by atoms with Crippen molar-refractivity contribution in [3.05, 3.63) is 0 Å². The van der Waals surface area contributed by atoms with Crippen molar-refractivity contribution in [1.82, 2.24) is 4.90 Å². The number of hydrogen-bond donors (Lipinski definition) is 1. The van der Waals surface area contributed by atoms with E-state index in [0.717, 1.165) is 18.8 Å². The Bertz CT molecular complexity index is 154. The molecule has 0 aromatic heterocycles. The first-order valence-electron chi connectivity index (χ1n) is 4.30. The fourth-order valence-electron chi connectivity index (χ4n) is 0.825. The summed E-state index contributed by atoms with van der Waals surface area (Å²) in [5, 5.41) is 0. The molecule has 0 saturated carbocycles. The van der Waals surface area contributed by atoms with Gasteiger partial charge in [0.2, 0.25) is 0 Å². The topological polar surface area (TPSA) is 41.6 Å². The molecule has 3 nitrogen and oxygen atoms in total. The maximum absolute atomic E-state index is 5.73. The molecule has 3 heteroatoms. The van der Waals surface area contributed by atoms with Crippen LogP contribution >= 0.6 is 0 Å². The van der Waals surface area contributed by atoms with Crippen LogP contribution in [0.2, 0.25) is 0 Å². The quantitative estimate of drug-likeness (QED) is 0.510. The fourth-order valence-corrected chi connectivity index (χ4v) is 0.825. The van der Waals surface area contributed by atoms with Crippen LogP contribution in [0.3, 0.4) is 0 Å². The Balaban J connectivity index is 3.87. The average molecular weight is 171 g/mol. The van der Waals surface area contributed by atoms with Gasteiger partial charge in [0.1, 0.15) is 0 Å². The summed E-state index contributed by atoms with van der Waals surface area (Å²) in [6.07, 6.45) is 0.851. The van der Waals surface area contributed by atoms with Crippen LogP contribution in [0.25, 0.3) is 0 Å². The molecule has 0 aliphatic rings. The minimum atomic E-state index is -0.0452. The third kappa shape index (κ3) is 7.54. The number of rotatable bonds is 3. The minimum absolute atomic E-state index is 0.0452. The smallest absolute Gasteiger partial charge is 0.0956 e. The first-order chi connectivity index (χ1) is 5.31. The van der Waals surface area contributed by atoms with Gasteiger partial charge in [-0.25, -0.2) is 0 Å². The summed E-state index contributed by atoms with van der Waals surface area (Å²) < 4.78 is 0. The van der Waals surface area contributed by atoms with Crippen molar-refractivity contribution < 1.29 is 0 Å². The van der Waals surface area contributed by atoms with Crippen LogP contribution in [-0.4, -0.2) is 36.9 Å². The van der Waals surface area contributed by atoms with E-state index in [2.05, 4.69) is 30.7 Å². The van der Waals surface area contributed by atoms with Gasteiger partial charge in [-0.2, -0.15) is 0 Å². The molecular formula is C9H21N3. The molecule has 0 amide bonds. The van der Waals surface area contributed by atoms with Gasteiger partial charge in [0.15, 0.2) is 0 Å². The standard InChI is InChI=1S/C9H21N3/c1-9(2,3)11-8(10)6-7-12(4)5/h6-7H2,1-5H3,(H2,10,11). The summed E-state index contributed by atoms with van der Waals surface area (Å²) in [4.78, 5) is 6.45. The first-order valence-corrected chi connectivity index (χ1v) is 4.30. The summed E-state index contributed by atoms with van der Waals surface area (Å²) in [6, 6.07) is 0. The molecule has 12 heavy (non-hydrogen) atoms. The number of nitrogens with two attached hydrogens (primary N) is 1. The molecule has 72 valence electrons. The van der Waals surface area contributed by atoms with Gasteiger partial charge < -0.3 is 10.6 Å². The van der Waals surface area contributed by atoms with Crippen molar-refractivity contribution in [2.45, 2.75) is 32.7 Å². The van der Waals surface area contributed by atoms with E-state index in [0.29, 0.717) is 0 Å². The Morgan fingerprint density at radius 2 is 1.83 bits per heavy atom. The highest BCUT2D eigenvalue weighted by atomic mass is 15.1. The van der Waals surface area contributed by atoms with Gasteiger partial charge in [-0.3, -0.25) is 4.99 Å². The first kappa shape index (κ1) is 11.4. The van der Waals surface area contributed by atoms with Crippen molar-refractivity contribution >= 4 is 5.84 Å². The third-order valence-electron chi connectivity index (χ3n) is 1.29. The van der Waals surface area contributed by atoms with Crippen LogP contribution in [0.15, 0.2) is 4.99 Å². The molecule has 0 unspecified atom stereocenters. The number of amidine groups is 1. The van der Waals surface area contributed by atoms with Crippen LogP contribution in [0.4, 0.5) is 0 Å². The Morgan fingerprint density at radius 3 is 2.17 bits per heavy atom. The van der Waals surface area contributed by atoms with Gasteiger partial charge in [-0.15, -0.1) is 0 Å². The molecular weight excluding hydrogens is 150 g/mol. The largest absolute Gasteiger partial charge is 0.387 e. The zero-order valence-electron chi connectivity index (χ0n) is 8.89. The van der Waals surface area contributed by atoms with Crippen molar-refractivity contribution in [3.8, 4) is 0 Å². The fraction of sp³-hybridized carbons (Fsp3) is 0.889. The second-order valence-corrected chi connectivity index (χ2v) is 4.33. The molecule has 0 radical (unpaired) electrons. The van der Waals surface area contributed by atoms with E-state index in [1.165, 1.54) is 0 Å². The molecule has 0 rings (SSSR count). The molecule has 0 aliphatic heterocycles. The molecule has 0 aromatic carbocycles. The molecule has 0 aromatic rings. The van der Waals surface area contributed by atoms with E-state index in [1.807, 2.05) is 14.1 Å². The SMILES string of the molecule is CN(C)CCC(N)=NC(C)(C)C. The van der Waals surface area contributed by atoms with Gasteiger partial charge >= 0.3 is 0 Å². The van der Waals surface area contributed by atoms with Crippen molar-refractivity contribution in [2.24, 2.45) is 10.7 Å². The number of hydrogen-bond acceptors (Lipinski definition) is 2. The van der Waals surface area contributed by atoms with Gasteiger partial charge in [0.25, 0.3) is 0 Å². The second kappa shape index (κ2) is 4.45. The summed E-state index contributed by atoms with van der Waals surface area (Å²) in [7, 11) is 4.06. The third-order valence-corrected chi connectivity index (χ3v) is 1.29. The highest BCUT2D eigenvalue weighted by Crippen LogP contribution is 2.06. The lowest BCUT2D eigenvalue weighted by Crippen LogP contribution is -2.25. The van der Waals surface area contributed by atoms with Crippen LogP contribution in [0.5, 0.6) is 0 Å². The molecule has 0 fully saturated rings. The molecule has 0 saturated heterocycles. The van der Waals surface area contributed by atoms with Crippen LogP contribution in [0.1, 0.15) is 27.2 Å². The van der Waals surface area contributed by atoms with E-state index in [9.17, 15) is 0 Å². The van der Waals surface area contributed by atoms with E-state index in [4.69, 9.17) is 5.73 Å². The Morgan fingerprint density at radius 1 is 1.33 bits per heavy atom. The zero-order chi connectivity index (χ0) is 9.78. The summed E-state index contributed by atoms with van der Waals surface area (Å²) in [5.41, 5.74) is 5.69. The molecule has 0 bridgehead atoms. The number of aliphatic imine (C=N–C) groups is 1. The molecule has 0 atom stereocenters. The predicted octanol–water partition coefficient (Wildman–Crippen LogP) is 1.09. The van der Waals surface area contributed by atoms with Crippen LogP contribution in [-0.2, 0) is 0 Å². The van der Waals surface area contributed by atoms with Gasteiger partial charge in [-0.1, -0.05) is 0 Å². The van der Waals surface area contributed by atoms with Gasteiger partial charge in [0.05, 0.1) is 11.4 Å². The number of nitrogens with zero attached hydrogens (tertiary/aromatic N) is 2. The Hall–Kier alpha value is -0.570. The molecule has 2 N–H and O–H groups in total. The van der Waals surface area contributed by atoms with Crippen molar-refractivity contribution in [2.75, 3.05) is 20.6 Å². The summed E-state index contributed by atoms with van der Waals surface area (Å²) in [6.45, 7) is 7.12. The monoisotopic (exact) mass is 171 g/mol. The Kier molecular flexibility index (Phi) is 4.24. The lowest BCUT2D eigenvalue weighted by atomic mass is 10.1. The van der Waals surface area contributed by atoms with Gasteiger partial charge in [0, 0.05) is 13.0 Å². The lowest BCUT2D eigenvalue weighted by Gasteiger charge is -2.15. The zero-order valence-corrected chi connectivity index (χ0v) is 8.89. The minimum Gasteiger partial charge on any atom is -0.387 e. The maximum atomic E-state index is 5.73. The summed E-state index contributed by atoms with van der Waals surface area (Å²) >= 11 is 0. The van der Waals surface area contributed by atoms with Gasteiger partial charge in [-0.05, 0) is 34.9 Å². The average Bonchev–Trinajstić information content (AvgIpc) is 1.79. The highest BCUT2D eigenvalue weighted by Gasteiger charge is 2.07. The van der Waals surface area contributed by atoms with Crippen molar-refractivity contribution in [3.63, 3.8) is 0 Å². The predicted molar refractivity (Wildman–Crippen MR) is 54.5 cm³/mol. The van der Waals surface area contributed by atoms with Crippen molar-refractivity contribution in [1.29, 1.82) is 0 Å². The second-order valence-electron chi connectivity index (χ2n) is 4.33. The molecule has 0 spiro atoms. The van der Waals surface area contributed by atoms with E-state index < -0.39 is 0 Å². The van der Waals surface area contributed by atoms with E-state index in [-0.39, 0.29) is 5.54 Å². The molecule has 0 aliphatic carbocycles. The normalized spacial score (nSPS) is 14.0. The van der Waals surface area contributed by atoms with E-state index >= 15 is 0 Å².